The zero-order valence-electron chi connectivity index (χ0n) is 11.8. The molecule has 0 unspecified atom stereocenters. The highest BCUT2D eigenvalue weighted by Crippen LogP contribution is 2.30. The molecule has 0 atom stereocenters. The first-order valence-electron chi connectivity index (χ1n) is 7.69. The quantitative estimate of drug-likeness (QED) is 0.839. The number of hydrogen-bond donors (Lipinski definition) is 1. The van der Waals surface area contributed by atoms with Crippen LogP contribution in [0.3, 0.4) is 0 Å². The smallest absolute Gasteiger partial charge is 0.224 e. The molecule has 1 saturated carbocycles. The van der Waals surface area contributed by atoms with Gasteiger partial charge >= 0.3 is 0 Å². The third-order valence-electron chi connectivity index (χ3n) is 4.90. The van der Waals surface area contributed by atoms with Crippen LogP contribution in [0, 0.1) is 5.92 Å². The van der Waals surface area contributed by atoms with Crippen molar-refractivity contribution in [1.82, 2.24) is 4.90 Å². The van der Waals surface area contributed by atoms with E-state index in [-0.39, 0.29) is 5.54 Å². The number of carbonyl (C=O) groups is 1. The van der Waals surface area contributed by atoms with Crippen molar-refractivity contribution in [3.8, 4) is 0 Å². The fourth-order valence-electron chi connectivity index (χ4n) is 3.44. The Morgan fingerprint density at radius 1 is 1.22 bits per heavy atom. The van der Waals surface area contributed by atoms with Gasteiger partial charge in [0, 0.05) is 25.0 Å². The second kappa shape index (κ2) is 6.05. The van der Waals surface area contributed by atoms with E-state index in [1.54, 1.807) is 0 Å². The predicted octanol–water partition coefficient (Wildman–Crippen LogP) is 2.69. The lowest BCUT2D eigenvalue weighted by atomic mass is 9.79. The lowest BCUT2D eigenvalue weighted by molar-refractivity contribution is -0.134. The molecule has 0 bridgehead atoms. The SMILES string of the molecule is CCC1CCN(C(=O)CC2(N)CCCCC2)CC1. The number of piperidine rings is 1. The van der Waals surface area contributed by atoms with Crippen molar-refractivity contribution in [2.45, 2.75) is 70.3 Å². The Morgan fingerprint density at radius 3 is 2.39 bits per heavy atom. The Kier molecular flexibility index (Phi) is 4.66. The van der Waals surface area contributed by atoms with Gasteiger partial charge in [-0.05, 0) is 31.6 Å². The predicted molar refractivity (Wildman–Crippen MR) is 74.2 cm³/mol. The van der Waals surface area contributed by atoms with Gasteiger partial charge in [-0.3, -0.25) is 4.79 Å². The van der Waals surface area contributed by atoms with Gasteiger partial charge < -0.3 is 10.6 Å². The molecule has 2 rings (SSSR count). The van der Waals surface area contributed by atoms with Crippen LogP contribution in [-0.2, 0) is 4.79 Å². The van der Waals surface area contributed by atoms with Crippen molar-refractivity contribution in [2.75, 3.05) is 13.1 Å². The van der Waals surface area contributed by atoms with Gasteiger partial charge in [-0.2, -0.15) is 0 Å². The maximum absolute atomic E-state index is 12.3. The summed E-state index contributed by atoms with van der Waals surface area (Å²) in [5.74, 6) is 1.13. The Hall–Kier alpha value is -0.570. The molecule has 1 saturated heterocycles. The number of hydrogen-bond acceptors (Lipinski definition) is 2. The van der Waals surface area contributed by atoms with Crippen LogP contribution in [0.2, 0.25) is 0 Å². The van der Waals surface area contributed by atoms with Crippen molar-refractivity contribution in [3.63, 3.8) is 0 Å². The lowest BCUT2D eigenvalue weighted by Crippen LogP contribution is -2.48. The van der Waals surface area contributed by atoms with Crippen LogP contribution in [0.25, 0.3) is 0 Å². The van der Waals surface area contributed by atoms with Crippen LogP contribution in [0.15, 0.2) is 0 Å². The summed E-state index contributed by atoms with van der Waals surface area (Å²) in [5, 5.41) is 0. The molecule has 0 radical (unpaired) electrons. The van der Waals surface area contributed by atoms with Gasteiger partial charge in [0.1, 0.15) is 0 Å². The minimum absolute atomic E-state index is 0.197. The van der Waals surface area contributed by atoms with E-state index >= 15 is 0 Å². The molecule has 0 aromatic carbocycles. The van der Waals surface area contributed by atoms with Crippen molar-refractivity contribution in [2.24, 2.45) is 11.7 Å². The summed E-state index contributed by atoms with van der Waals surface area (Å²) in [7, 11) is 0. The molecule has 104 valence electrons. The second-order valence-electron chi connectivity index (χ2n) is 6.33. The summed E-state index contributed by atoms with van der Waals surface area (Å²) in [6.45, 7) is 4.15. The average Bonchev–Trinajstić information content (AvgIpc) is 2.39. The van der Waals surface area contributed by atoms with Crippen LogP contribution in [0.4, 0.5) is 0 Å². The van der Waals surface area contributed by atoms with E-state index in [1.165, 1.54) is 38.5 Å². The molecule has 0 spiro atoms. The average molecular weight is 252 g/mol. The van der Waals surface area contributed by atoms with Crippen LogP contribution >= 0.6 is 0 Å². The summed E-state index contributed by atoms with van der Waals surface area (Å²) < 4.78 is 0. The fourth-order valence-corrected chi connectivity index (χ4v) is 3.44. The molecular weight excluding hydrogens is 224 g/mol. The van der Waals surface area contributed by atoms with Crippen LogP contribution in [0.1, 0.15) is 64.7 Å². The first kappa shape index (κ1) is 13.9. The molecular formula is C15H28N2O. The summed E-state index contributed by atoms with van der Waals surface area (Å²) in [5.41, 5.74) is 6.18. The van der Waals surface area contributed by atoms with Crippen molar-refractivity contribution in [3.05, 3.63) is 0 Å². The highest BCUT2D eigenvalue weighted by Gasteiger charge is 2.32. The highest BCUT2D eigenvalue weighted by atomic mass is 16.2. The van der Waals surface area contributed by atoms with E-state index in [0.717, 1.165) is 31.8 Å². The summed E-state index contributed by atoms with van der Waals surface area (Å²) in [4.78, 5) is 14.4. The Labute approximate surface area is 111 Å². The molecule has 0 aromatic heterocycles. The van der Waals surface area contributed by atoms with Gasteiger partial charge in [0.15, 0.2) is 0 Å². The number of nitrogens with two attached hydrogens (primary N) is 1. The molecule has 2 fully saturated rings. The molecule has 3 heteroatoms. The summed E-state index contributed by atoms with van der Waals surface area (Å²) in [6.07, 6.45) is 9.93. The molecule has 1 amide bonds. The van der Waals surface area contributed by atoms with E-state index in [0.29, 0.717) is 12.3 Å². The zero-order chi connectivity index (χ0) is 13.0. The largest absolute Gasteiger partial charge is 0.343 e. The fraction of sp³-hybridized carbons (Fsp3) is 0.933. The number of amides is 1. The maximum Gasteiger partial charge on any atom is 0.224 e. The number of likely N-dealkylation sites (tertiary alicyclic amines) is 1. The van der Waals surface area contributed by atoms with Gasteiger partial charge in [0.25, 0.3) is 0 Å². The molecule has 1 aliphatic carbocycles. The third-order valence-corrected chi connectivity index (χ3v) is 4.90. The molecule has 3 nitrogen and oxygen atoms in total. The second-order valence-corrected chi connectivity index (χ2v) is 6.33. The Morgan fingerprint density at radius 2 is 1.83 bits per heavy atom. The third kappa shape index (κ3) is 3.47. The molecule has 2 N–H and O–H groups in total. The Balaban J connectivity index is 1.81. The highest BCUT2D eigenvalue weighted by molar-refractivity contribution is 5.77. The zero-order valence-corrected chi connectivity index (χ0v) is 11.8. The Bertz CT molecular complexity index is 276. The van der Waals surface area contributed by atoms with Crippen molar-refractivity contribution >= 4 is 5.91 Å². The van der Waals surface area contributed by atoms with Crippen LogP contribution in [0.5, 0.6) is 0 Å². The minimum atomic E-state index is -0.197. The molecule has 1 heterocycles. The van der Waals surface area contributed by atoms with E-state index in [4.69, 9.17) is 5.73 Å². The van der Waals surface area contributed by atoms with Crippen molar-refractivity contribution < 1.29 is 4.79 Å². The number of carbonyl (C=O) groups excluding carboxylic acids is 1. The maximum atomic E-state index is 12.3. The summed E-state index contributed by atoms with van der Waals surface area (Å²) in [6, 6.07) is 0. The van der Waals surface area contributed by atoms with Gasteiger partial charge in [-0.25, -0.2) is 0 Å². The first-order chi connectivity index (χ1) is 8.63. The van der Waals surface area contributed by atoms with E-state index in [2.05, 4.69) is 11.8 Å². The van der Waals surface area contributed by atoms with Gasteiger partial charge in [-0.15, -0.1) is 0 Å². The van der Waals surface area contributed by atoms with Crippen LogP contribution < -0.4 is 5.73 Å². The normalized spacial score (nSPS) is 25.1. The van der Waals surface area contributed by atoms with Gasteiger partial charge in [-0.1, -0.05) is 32.6 Å². The number of nitrogens with zero attached hydrogens (tertiary/aromatic N) is 1. The standard InChI is InChI=1S/C15H28N2O/c1-2-13-6-10-17(11-7-13)14(18)12-15(16)8-4-3-5-9-15/h13H,2-12,16H2,1H3. The van der Waals surface area contributed by atoms with E-state index in [9.17, 15) is 4.79 Å². The van der Waals surface area contributed by atoms with Crippen molar-refractivity contribution in [1.29, 1.82) is 0 Å². The van der Waals surface area contributed by atoms with Gasteiger partial charge in [0.2, 0.25) is 5.91 Å². The molecule has 2 aliphatic rings. The lowest BCUT2D eigenvalue weighted by Gasteiger charge is -2.37. The van der Waals surface area contributed by atoms with E-state index < -0.39 is 0 Å². The number of rotatable bonds is 3. The molecule has 0 aromatic rings. The van der Waals surface area contributed by atoms with Crippen LogP contribution in [-0.4, -0.2) is 29.4 Å². The first-order valence-corrected chi connectivity index (χ1v) is 7.69. The summed E-state index contributed by atoms with van der Waals surface area (Å²) >= 11 is 0. The molecule has 18 heavy (non-hydrogen) atoms. The topological polar surface area (TPSA) is 46.3 Å². The van der Waals surface area contributed by atoms with Gasteiger partial charge in [0.05, 0.1) is 0 Å². The molecule has 1 aliphatic heterocycles. The monoisotopic (exact) mass is 252 g/mol. The van der Waals surface area contributed by atoms with E-state index in [1.807, 2.05) is 0 Å². The minimum Gasteiger partial charge on any atom is -0.343 e.